The molecule has 7 nitrogen and oxygen atoms in total. The Morgan fingerprint density at radius 2 is 1.87 bits per heavy atom. The van der Waals surface area contributed by atoms with E-state index in [-0.39, 0.29) is 5.91 Å². The van der Waals surface area contributed by atoms with Gasteiger partial charge in [0.05, 0.1) is 12.7 Å². The van der Waals surface area contributed by atoms with Crippen LogP contribution in [0.4, 0.5) is 11.6 Å². The van der Waals surface area contributed by atoms with Crippen LogP contribution < -0.4 is 15.4 Å². The number of hydrogen-bond donors (Lipinski definition) is 1. The van der Waals surface area contributed by atoms with Crippen LogP contribution in [0.2, 0.25) is 0 Å². The molecular formula is C16H19N5O2. The van der Waals surface area contributed by atoms with Gasteiger partial charge in [-0.2, -0.15) is 0 Å². The molecule has 0 saturated carbocycles. The molecule has 0 spiro atoms. The second-order valence-corrected chi connectivity index (χ2v) is 5.28. The molecule has 0 radical (unpaired) electrons. The van der Waals surface area contributed by atoms with E-state index >= 15 is 0 Å². The molecule has 0 aliphatic carbocycles. The molecule has 23 heavy (non-hydrogen) atoms. The molecule has 1 amide bonds. The molecule has 2 heterocycles. The Kier molecular flexibility index (Phi) is 4.27. The summed E-state index contributed by atoms with van der Waals surface area (Å²) >= 11 is 0. The number of carbonyl (C=O) groups is 1. The van der Waals surface area contributed by atoms with Gasteiger partial charge in [-0.15, -0.1) is 0 Å². The lowest BCUT2D eigenvalue weighted by molar-refractivity contribution is 0.0747. The van der Waals surface area contributed by atoms with Gasteiger partial charge in [0.15, 0.2) is 0 Å². The van der Waals surface area contributed by atoms with Crippen LogP contribution in [0.3, 0.4) is 0 Å². The van der Waals surface area contributed by atoms with Gasteiger partial charge in [-0.3, -0.25) is 4.79 Å². The van der Waals surface area contributed by atoms with Gasteiger partial charge in [0.2, 0.25) is 5.95 Å². The van der Waals surface area contributed by atoms with Gasteiger partial charge in [-0.05, 0) is 18.2 Å². The minimum Gasteiger partial charge on any atom is -0.497 e. The lowest BCUT2D eigenvalue weighted by atomic mass is 10.1. The Labute approximate surface area is 134 Å². The van der Waals surface area contributed by atoms with Crippen LogP contribution >= 0.6 is 0 Å². The lowest BCUT2D eigenvalue weighted by Crippen LogP contribution is -2.49. The van der Waals surface area contributed by atoms with Gasteiger partial charge >= 0.3 is 0 Å². The Hall–Kier alpha value is -2.83. The summed E-state index contributed by atoms with van der Waals surface area (Å²) in [6.45, 7) is 2.63. The maximum atomic E-state index is 12.6. The number of amides is 1. The van der Waals surface area contributed by atoms with E-state index in [9.17, 15) is 4.79 Å². The summed E-state index contributed by atoms with van der Waals surface area (Å²) < 4.78 is 5.11. The molecule has 1 aliphatic rings. The number of carbonyl (C=O) groups excluding carboxylic acids is 1. The zero-order valence-corrected chi connectivity index (χ0v) is 13.0. The van der Waals surface area contributed by atoms with Gasteiger partial charge in [0, 0.05) is 50.3 Å². The summed E-state index contributed by atoms with van der Waals surface area (Å²) in [5.74, 6) is 1.28. The number of benzene rings is 1. The molecule has 1 aromatic heterocycles. The molecule has 1 aliphatic heterocycles. The molecule has 3 rings (SSSR count). The van der Waals surface area contributed by atoms with E-state index in [1.165, 1.54) is 0 Å². The molecule has 2 aromatic rings. The first kappa shape index (κ1) is 15.1. The topological polar surface area (TPSA) is 84.6 Å². The second-order valence-electron chi connectivity index (χ2n) is 5.28. The minimum absolute atomic E-state index is 0.0567. The SMILES string of the molecule is COc1ccc(C(=O)N2CCN(c3ncccn3)CC2)c(N)c1. The number of nitrogens with zero attached hydrogens (tertiary/aromatic N) is 4. The molecule has 2 N–H and O–H groups in total. The van der Waals surface area contributed by atoms with Gasteiger partial charge in [-0.1, -0.05) is 0 Å². The summed E-state index contributed by atoms with van der Waals surface area (Å²) in [7, 11) is 1.57. The maximum absolute atomic E-state index is 12.6. The third kappa shape index (κ3) is 3.18. The summed E-state index contributed by atoms with van der Waals surface area (Å²) in [6, 6.07) is 6.91. The van der Waals surface area contributed by atoms with Crippen molar-refractivity contribution in [3.63, 3.8) is 0 Å². The monoisotopic (exact) mass is 313 g/mol. The van der Waals surface area contributed by atoms with E-state index in [4.69, 9.17) is 10.5 Å². The zero-order valence-electron chi connectivity index (χ0n) is 13.0. The first-order chi connectivity index (χ1) is 11.2. The molecule has 1 aromatic carbocycles. The quantitative estimate of drug-likeness (QED) is 0.852. The second kappa shape index (κ2) is 6.51. The number of hydrogen-bond acceptors (Lipinski definition) is 6. The highest BCUT2D eigenvalue weighted by Gasteiger charge is 2.24. The van der Waals surface area contributed by atoms with Crippen molar-refractivity contribution in [1.29, 1.82) is 0 Å². The molecule has 1 saturated heterocycles. The first-order valence-corrected chi connectivity index (χ1v) is 7.44. The van der Waals surface area contributed by atoms with Crippen LogP contribution in [0.1, 0.15) is 10.4 Å². The predicted molar refractivity (Wildman–Crippen MR) is 87.6 cm³/mol. The Bertz CT molecular complexity index is 684. The van der Waals surface area contributed by atoms with E-state index in [1.807, 2.05) is 0 Å². The molecule has 0 bridgehead atoms. The Morgan fingerprint density at radius 1 is 1.17 bits per heavy atom. The van der Waals surface area contributed by atoms with E-state index in [0.717, 1.165) is 0 Å². The van der Waals surface area contributed by atoms with Crippen LogP contribution in [0.5, 0.6) is 5.75 Å². The van der Waals surface area contributed by atoms with Crippen LogP contribution in [-0.4, -0.2) is 54.1 Å². The Morgan fingerprint density at radius 3 is 2.48 bits per heavy atom. The van der Waals surface area contributed by atoms with E-state index in [0.29, 0.717) is 49.1 Å². The van der Waals surface area contributed by atoms with Gasteiger partial charge in [-0.25, -0.2) is 9.97 Å². The van der Waals surface area contributed by atoms with Crippen molar-refractivity contribution in [2.45, 2.75) is 0 Å². The highest BCUT2D eigenvalue weighted by molar-refractivity contribution is 5.99. The summed E-state index contributed by atoms with van der Waals surface area (Å²) in [4.78, 5) is 25.0. The fourth-order valence-electron chi connectivity index (χ4n) is 2.60. The molecule has 0 atom stereocenters. The number of anilines is 2. The molecule has 1 fully saturated rings. The molecular weight excluding hydrogens is 294 g/mol. The average Bonchev–Trinajstić information content (AvgIpc) is 2.62. The van der Waals surface area contributed by atoms with Crippen molar-refractivity contribution in [2.75, 3.05) is 43.9 Å². The van der Waals surface area contributed by atoms with Crippen molar-refractivity contribution in [1.82, 2.24) is 14.9 Å². The smallest absolute Gasteiger partial charge is 0.256 e. The fraction of sp³-hybridized carbons (Fsp3) is 0.312. The van der Waals surface area contributed by atoms with Gasteiger partial charge < -0.3 is 20.3 Å². The highest BCUT2D eigenvalue weighted by Crippen LogP contribution is 2.22. The summed E-state index contributed by atoms with van der Waals surface area (Å²) in [6.07, 6.45) is 3.44. The van der Waals surface area contributed by atoms with E-state index in [1.54, 1.807) is 48.7 Å². The van der Waals surface area contributed by atoms with Crippen molar-refractivity contribution >= 4 is 17.5 Å². The predicted octanol–water partition coefficient (Wildman–Crippen LogP) is 1.03. The zero-order chi connectivity index (χ0) is 16.2. The first-order valence-electron chi connectivity index (χ1n) is 7.44. The molecule has 0 unspecified atom stereocenters. The van der Waals surface area contributed by atoms with Gasteiger partial charge in [0.1, 0.15) is 5.75 Å². The van der Waals surface area contributed by atoms with E-state index in [2.05, 4.69) is 14.9 Å². The number of nitrogens with two attached hydrogens (primary N) is 1. The van der Waals surface area contributed by atoms with Crippen molar-refractivity contribution < 1.29 is 9.53 Å². The lowest BCUT2D eigenvalue weighted by Gasteiger charge is -2.34. The normalized spacial score (nSPS) is 14.7. The standard InChI is InChI=1S/C16H19N5O2/c1-23-12-3-4-13(14(17)11-12)15(22)20-7-9-21(10-8-20)16-18-5-2-6-19-16/h2-6,11H,7-10,17H2,1H3. The summed E-state index contributed by atoms with van der Waals surface area (Å²) in [5.41, 5.74) is 6.91. The highest BCUT2D eigenvalue weighted by atomic mass is 16.5. The fourth-order valence-corrected chi connectivity index (χ4v) is 2.60. The average molecular weight is 313 g/mol. The van der Waals surface area contributed by atoms with Crippen LogP contribution in [0.25, 0.3) is 0 Å². The number of methoxy groups -OCH3 is 1. The Balaban J connectivity index is 1.66. The van der Waals surface area contributed by atoms with Crippen LogP contribution in [-0.2, 0) is 0 Å². The number of nitrogen functional groups attached to an aromatic ring is 1. The maximum Gasteiger partial charge on any atom is 0.256 e. The number of rotatable bonds is 3. The van der Waals surface area contributed by atoms with E-state index < -0.39 is 0 Å². The number of ether oxygens (including phenoxy) is 1. The van der Waals surface area contributed by atoms with Gasteiger partial charge in [0.25, 0.3) is 5.91 Å². The van der Waals surface area contributed by atoms with Crippen molar-refractivity contribution in [2.24, 2.45) is 0 Å². The third-order valence-corrected chi connectivity index (χ3v) is 3.89. The molecule has 7 heteroatoms. The number of piperazine rings is 1. The largest absolute Gasteiger partial charge is 0.497 e. The van der Waals surface area contributed by atoms with Crippen molar-refractivity contribution in [3.8, 4) is 5.75 Å². The number of aromatic nitrogens is 2. The summed E-state index contributed by atoms with van der Waals surface area (Å²) in [5, 5.41) is 0. The molecule has 120 valence electrons. The van der Waals surface area contributed by atoms with Crippen LogP contribution in [0, 0.1) is 0 Å². The van der Waals surface area contributed by atoms with Crippen LogP contribution in [0.15, 0.2) is 36.7 Å². The third-order valence-electron chi connectivity index (χ3n) is 3.89. The minimum atomic E-state index is -0.0567. The van der Waals surface area contributed by atoms with Crippen molar-refractivity contribution in [3.05, 3.63) is 42.2 Å².